The van der Waals surface area contributed by atoms with Crippen molar-refractivity contribution in [1.29, 1.82) is 0 Å². The van der Waals surface area contributed by atoms with Gasteiger partial charge in [0, 0.05) is 49.0 Å². The van der Waals surface area contributed by atoms with Crippen molar-refractivity contribution >= 4 is 89.8 Å². The molecule has 16 rings (SSSR count). The largest absolute Gasteiger partial charge is 0.500 e. The second-order valence-electron chi connectivity index (χ2n) is 19.9. The third-order valence-corrected chi connectivity index (χ3v) is 21.7. The first kappa shape index (κ1) is 29.2. The third kappa shape index (κ3) is 2.19. The topological polar surface area (TPSA) is 27.7 Å². The summed E-state index contributed by atoms with van der Waals surface area (Å²) in [5.74, 6) is 1.32. The number of hydrogen-bond acceptors (Lipinski definition) is 3. The molecule has 0 radical (unpaired) electrons. The van der Waals surface area contributed by atoms with Gasteiger partial charge in [0.05, 0.1) is 0 Å². The summed E-state index contributed by atoms with van der Waals surface area (Å²) in [6.45, 7) is 13.4. The van der Waals surface area contributed by atoms with Crippen LogP contribution >= 0.6 is 0 Å². The van der Waals surface area contributed by atoms with Crippen molar-refractivity contribution in [3.05, 3.63) is 98.1 Å². The molecule has 0 N–H and O–H groups in total. The van der Waals surface area contributed by atoms with E-state index in [4.69, 9.17) is 13.3 Å². The Balaban J connectivity index is 1.22. The molecule has 0 aliphatic heterocycles. The van der Waals surface area contributed by atoms with Crippen LogP contribution in [-0.2, 0) is 29.5 Å². The normalized spacial score (nSPS) is 33.9. The average molecular weight is 731 g/mol. The highest BCUT2D eigenvalue weighted by atomic mass is 28.4. The van der Waals surface area contributed by atoms with E-state index < -0.39 is 8.80 Å². The highest BCUT2D eigenvalue weighted by Crippen LogP contribution is 2.87. The van der Waals surface area contributed by atoms with Crippen LogP contribution in [0.4, 0.5) is 0 Å². The Morgan fingerprint density at radius 3 is 1.91 bits per heavy atom. The molecule has 0 spiro atoms. The molecule has 8 aliphatic rings. The summed E-state index contributed by atoms with van der Waals surface area (Å²) in [4.78, 5) is 0. The molecule has 0 bridgehead atoms. The van der Waals surface area contributed by atoms with E-state index in [2.05, 4.69) is 77.1 Å². The third-order valence-electron chi connectivity index (χ3n) is 18.9. The van der Waals surface area contributed by atoms with Gasteiger partial charge in [0.15, 0.2) is 0 Å². The minimum absolute atomic E-state index is 0.0643. The zero-order valence-corrected chi connectivity index (χ0v) is 33.8. The van der Waals surface area contributed by atoms with E-state index in [1.54, 1.807) is 125 Å². The molecule has 3 nitrogen and oxygen atoms in total. The molecule has 0 heterocycles. The number of allylic oxidation sites excluding steroid dienone is 6. The highest BCUT2D eigenvalue weighted by Gasteiger charge is 2.77. The fourth-order valence-electron chi connectivity index (χ4n) is 17.7. The Morgan fingerprint density at radius 1 is 0.655 bits per heavy atom. The second kappa shape index (κ2) is 7.79. The van der Waals surface area contributed by atoms with E-state index in [1.165, 1.54) is 33.5 Å². The molecule has 4 heteroatoms. The van der Waals surface area contributed by atoms with E-state index in [1.807, 2.05) is 5.57 Å². The minimum atomic E-state index is -2.80. The summed E-state index contributed by atoms with van der Waals surface area (Å²) in [6.07, 6.45) is 6.08. The van der Waals surface area contributed by atoms with E-state index in [0.717, 1.165) is 18.9 Å². The van der Waals surface area contributed by atoms with Gasteiger partial charge >= 0.3 is 8.80 Å². The molecular formula is C51H42O3Si. The molecule has 268 valence electrons. The first-order valence-electron chi connectivity index (χ1n) is 21.0. The number of fused-ring (bicyclic) bond motifs is 4. The number of benzene rings is 6. The Labute approximate surface area is 320 Å². The van der Waals surface area contributed by atoms with Gasteiger partial charge < -0.3 is 13.3 Å². The highest BCUT2D eigenvalue weighted by molar-refractivity contribution is 6.60. The maximum Gasteiger partial charge on any atom is 0.500 e. The van der Waals surface area contributed by atoms with Crippen LogP contribution in [0.3, 0.4) is 0 Å². The monoisotopic (exact) mass is 730 g/mol. The van der Waals surface area contributed by atoms with Crippen molar-refractivity contribution in [3.8, 4) is 0 Å². The summed E-state index contributed by atoms with van der Waals surface area (Å²) in [5, 5.41) is 21.8. The molecule has 8 aromatic rings. The molecule has 55 heavy (non-hydrogen) atoms. The smallest absolute Gasteiger partial charge is 0.377 e. The maximum atomic E-state index is 6.14. The lowest BCUT2D eigenvalue weighted by Gasteiger charge is -2.64. The molecule has 8 aromatic carbocycles. The standard InChI is InChI=1S/C51H42O3Si/c1-20-18-28-26-14-12-24-22-10-11-23-25-13-15-27-29-19-21(2)41-30(20)46-47-49(4)43-39-37(33(24)35(26)42(43)48(28,46)3)31(22)32(23)38-34(25)36(27)45(44(49)40(38)39)50(29,5)51(41,47)16-9-17-55(52-6,53-7)54-8/h10-15,18,20-21,29H,9,16-17,19H2,1-8H3/t20?,21?,29?,48?,49-,50?,51?/m1/s1. The Bertz CT molecular complexity index is 3420. The predicted octanol–water partition coefficient (Wildman–Crippen LogP) is 12.1. The van der Waals surface area contributed by atoms with Gasteiger partial charge in [-0.3, -0.25) is 0 Å². The lowest BCUT2D eigenvalue weighted by atomic mass is 9.37. The zero-order chi connectivity index (χ0) is 36.6. The van der Waals surface area contributed by atoms with Gasteiger partial charge in [-0.15, -0.1) is 0 Å². The van der Waals surface area contributed by atoms with Gasteiger partial charge in [-0.1, -0.05) is 68.8 Å². The second-order valence-corrected chi connectivity index (χ2v) is 23.0. The molecule has 1 fully saturated rings. The van der Waals surface area contributed by atoms with Gasteiger partial charge in [0.2, 0.25) is 0 Å². The van der Waals surface area contributed by atoms with Crippen molar-refractivity contribution in [2.24, 2.45) is 17.3 Å². The molecule has 6 unspecified atom stereocenters. The van der Waals surface area contributed by atoms with Crippen molar-refractivity contribution in [3.63, 3.8) is 0 Å². The molecular weight excluding hydrogens is 689 g/mol. The lowest BCUT2D eigenvalue weighted by molar-refractivity contribution is 0.0877. The predicted molar refractivity (Wildman–Crippen MR) is 226 cm³/mol. The molecule has 7 atom stereocenters. The summed E-state index contributed by atoms with van der Waals surface area (Å²) >= 11 is 0. The van der Waals surface area contributed by atoms with Gasteiger partial charge in [-0.05, 0) is 182 Å². The fourth-order valence-corrected chi connectivity index (χ4v) is 19.4. The van der Waals surface area contributed by atoms with Crippen molar-refractivity contribution in [2.75, 3.05) is 21.3 Å². The van der Waals surface area contributed by atoms with E-state index in [0.29, 0.717) is 17.8 Å². The van der Waals surface area contributed by atoms with Crippen LogP contribution in [0.5, 0.6) is 0 Å². The van der Waals surface area contributed by atoms with Gasteiger partial charge in [0.1, 0.15) is 0 Å². The van der Waals surface area contributed by atoms with Crippen LogP contribution in [-0.4, -0.2) is 30.1 Å². The molecule has 8 aliphatic carbocycles. The maximum absolute atomic E-state index is 6.14. The minimum Gasteiger partial charge on any atom is -0.377 e. The fraction of sp³-hybridized carbons (Fsp3) is 0.373. The average Bonchev–Trinajstić information content (AvgIpc) is 3.98. The van der Waals surface area contributed by atoms with Crippen LogP contribution in [0.1, 0.15) is 93.2 Å². The van der Waals surface area contributed by atoms with Crippen LogP contribution in [0.25, 0.3) is 81.0 Å². The van der Waals surface area contributed by atoms with Gasteiger partial charge in [-0.2, -0.15) is 0 Å². The van der Waals surface area contributed by atoms with E-state index >= 15 is 0 Å². The summed E-state index contributed by atoms with van der Waals surface area (Å²) < 4.78 is 18.4. The molecule has 1 saturated carbocycles. The molecule has 0 saturated heterocycles. The lowest BCUT2D eigenvalue weighted by Crippen LogP contribution is -2.60. The Kier molecular flexibility index (Phi) is 4.14. The van der Waals surface area contributed by atoms with Crippen molar-refractivity contribution in [2.45, 2.75) is 82.1 Å². The Hall–Kier alpha value is -4.06. The quantitative estimate of drug-likeness (QED) is 0.121. The van der Waals surface area contributed by atoms with Crippen molar-refractivity contribution < 1.29 is 13.3 Å². The molecule has 0 aromatic heterocycles. The molecule has 0 amide bonds. The van der Waals surface area contributed by atoms with Crippen LogP contribution in [0.15, 0.2) is 64.8 Å². The summed E-state index contributed by atoms with van der Waals surface area (Å²) in [7, 11) is 2.57. The SMILES string of the molecule is CO[Si](CCCC12C3=C4C5=C1[C@]1(C)c6c7c8c(ccc9c%10ccc%11c%12ccc%13c%14c(c1c1c6c(c89)c%10c%11c1c%14%12)C2(C)C%13CC3C)C(=CC4C)C57C)(OC)OC. The number of rotatable bonds is 7. The first-order valence-corrected chi connectivity index (χ1v) is 23.0. The van der Waals surface area contributed by atoms with E-state index in [9.17, 15) is 0 Å². The van der Waals surface area contributed by atoms with Crippen LogP contribution < -0.4 is 0 Å². The first-order chi connectivity index (χ1) is 26.6. The van der Waals surface area contributed by atoms with Crippen molar-refractivity contribution in [1.82, 2.24) is 0 Å². The summed E-state index contributed by atoms with van der Waals surface area (Å²) in [5.41, 5.74) is 18.1. The number of hydrogen-bond donors (Lipinski definition) is 0. The summed E-state index contributed by atoms with van der Waals surface area (Å²) in [6, 6.07) is 16.1. The van der Waals surface area contributed by atoms with Crippen LogP contribution in [0, 0.1) is 17.3 Å². The van der Waals surface area contributed by atoms with Gasteiger partial charge in [0.25, 0.3) is 0 Å². The zero-order valence-electron chi connectivity index (χ0n) is 32.8. The van der Waals surface area contributed by atoms with Gasteiger partial charge in [-0.25, -0.2) is 0 Å². The van der Waals surface area contributed by atoms with E-state index in [-0.39, 0.29) is 21.7 Å². The Morgan fingerprint density at radius 2 is 1.24 bits per heavy atom. The van der Waals surface area contributed by atoms with Crippen LogP contribution in [0.2, 0.25) is 6.04 Å².